The molecule has 0 aliphatic carbocycles. The quantitative estimate of drug-likeness (QED) is 0.138. The van der Waals surface area contributed by atoms with E-state index in [1.54, 1.807) is 18.3 Å². The Morgan fingerprint density at radius 2 is 1.40 bits per heavy atom. The van der Waals surface area contributed by atoms with Gasteiger partial charge in [-0.15, -0.1) is 0 Å². The van der Waals surface area contributed by atoms with Crippen molar-refractivity contribution in [1.82, 2.24) is 20.9 Å². The van der Waals surface area contributed by atoms with Gasteiger partial charge in [0, 0.05) is 31.9 Å². The SMILES string of the molecule is CCC=CCC=CCC=CCC=CCC=CCCCC(=O)N[C@H](C(=O)NCCNC(=O)c1cccnc1)C(C)C. The molecule has 0 bridgehead atoms. The van der Waals surface area contributed by atoms with E-state index in [4.69, 9.17) is 0 Å². The number of carbonyl (C=O) groups excluding carboxylic acids is 3. The van der Waals surface area contributed by atoms with Crippen LogP contribution in [0.4, 0.5) is 0 Å². The molecule has 0 aliphatic rings. The average molecular weight is 549 g/mol. The van der Waals surface area contributed by atoms with Crippen molar-refractivity contribution >= 4 is 17.7 Å². The number of hydrogen-bond acceptors (Lipinski definition) is 4. The molecule has 3 amide bonds. The third-order valence-corrected chi connectivity index (χ3v) is 5.83. The zero-order valence-electron chi connectivity index (χ0n) is 24.5. The standard InChI is InChI=1S/C33H48N4O3/c1-4-5-6-7-8-9-10-11-12-13-14-15-16-17-18-19-20-23-30(38)37-31(28(2)3)33(40)36-26-25-35-32(39)29-22-21-24-34-27-29/h5-6,8-9,11-12,14-15,17-18,21-22,24,27-28,31H,4,7,10,13,16,19-20,23,25-26H2,1-3H3,(H,35,39)(H,36,40)(H,37,38)/t31-/m0/s1. The summed E-state index contributed by atoms with van der Waals surface area (Å²) in [6.07, 6.45) is 31.5. The number of nitrogens with zero attached hydrogens (tertiary/aromatic N) is 1. The fourth-order valence-corrected chi connectivity index (χ4v) is 3.60. The van der Waals surface area contributed by atoms with Gasteiger partial charge in [0.05, 0.1) is 5.56 Å². The first kappa shape index (κ1) is 34.3. The molecule has 0 aromatic carbocycles. The molecule has 0 spiro atoms. The third kappa shape index (κ3) is 17.7. The van der Waals surface area contributed by atoms with Gasteiger partial charge >= 0.3 is 0 Å². The summed E-state index contributed by atoms with van der Waals surface area (Å²) in [5.74, 6) is -0.689. The van der Waals surface area contributed by atoms with Crippen molar-refractivity contribution in [3.05, 3.63) is 90.9 Å². The lowest BCUT2D eigenvalue weighted by atomic mass is 10.0. The Bertz CT molecular complexity index is 994. The first-order valence-corrected chi connectivity index (χ1v) is 14.5. The second-order valence-electron chi connectivity index (χ2n) is 9.68. The second-order valence-corrected chi connectivity index (χ2v) is 9.68. The normalized spacial score (nSPS) is 12.8. The maximum Gasteiger partial charge on any atom is 0.252 e. The van der Waals surface area contributed by atoms with Crippen molar-refractivity contribution in [3.8, 4) is 0 Å². The van der Waals surface area contributed by atoms with E-state index in [0.717, 1.165) is 44.9 Å². The Labute approximate surface area is 241 Å². The highest BCUT2D eigenvalue weighted by molar-refractivity contribution is 5.93. The second kappa shape index (κ2) is 23.2. The van der Waals surface area contributed by atoms with Crippen molar-refractivity contribution in [2.45, 2.75) is 78.2 Å². The minimum atomic E-state index is -0.616. The molecule has 7 heteroatoms. The monoisotopic (exact) mass is 548 g/mol. The number of hydrogen-bond donors (Lipinski definition) is 3. The summed E-state index contributed by atoms with van der Waals surface area (Å²) < 4.78 is 0. The summed E-state index contributed by atoms with van der Waals surface area (Å²) in [6, 6.07) is 2.75. The van der Waals surface area contributed by atoms with Crippen LogP contribution in [0.15, 0.2) is 85.3 Å². The summed E-state index contributed by atoms with van der Waals surface area (Å²) in [5, 5.41) is 8.38. The molecule has 1 atom stereocenters. The molecule has 1 aromatic heterocycles. The number of pyridine rings is 1. The van der Waals surface area contributed by atoms with E-state index in [-0.39, 0.29) is 36.7 Å². The number of allylic oxidation sites excluding steroid dienone is 10. The summed E-state index contributed by atoms with van der Waals surface area (Å²) in [6.45, 7) is 6.48. The van der Waals surface area contributed by atoms with Crippen molar-refractivity contribution < 1.29 is 14.4 Å². The van der Waals surface area contributed by atoms with Gasteiger partial charge in [-0.1, -0.05) is 81.5 Å². The number of aromatic nitrogens is 1. The molecule has 0 radical (unpaired) electrons. The van der Waals surface area contributed by atoms with E-state index in [2.05, 4.69) is 88.6 Å². The molecule has 0 saturated heterocycles. The number of amides is 3. The summed E-state index contributed by atoms with van der Waals surface area (Å²) >= 11 is 0. The summed E-state index contributed by atoms with van der Waals surface area (Å²) in [4.78, 5) is 40.9. The van der Waals surface area contributed by atoms with Crippen LogP contribution in [0.2, 0.25) is 0 Å². The fraction of sp³-hybridized carbons (Fsp3) is 0.455. The average Bonchev–Trinajstić information content (AvgIpc) is 2.95. The Hall–Kier alpha value is -3.74. The smallest absolute Gasteiger partial charge is 0.252 e. The highest BCUT2D eigenvalue weighted by atomic mass is 16.2. The molecule has 0 aliphatic heterocycles. The molecule has 1 rings (SSSR count). The van der Waals surface area contributed by atoms with Crippen LogP contribution in [0.1, 0.15) is 82.5 Å². The third-order valence-electron chi connectivity index (χ3n) is 5.83. The van der Waals surface area contributed by atoms with Crippen molar-refractivity contribution in [3.63, 3.8) is 0 Å². The van der Waals surface area contributed by atoms with E-state index in [0.29, 0.717) is 12.0 Å². The van der Waals surface area contributed by atoms with Gasteiger partial charge in [0.25, 0.3) is 5.91 Å². The minimum Gasteiger partial charge on any atom is -0.353 e. The number of rotatable bonds is 20. The van der Waals surface area contributed by atoms with Crippen molar-refractivity contribution in [1.29, 1.82) is 0 Å². The predicted octanol–water partition coefficient (Wildman–Crippen LogP) is 5.99. The lowest BCUT2D eigenvalue weighted by molar-refractivity contribution is -0.130. The summed E-state index contributed by atoms with van der Waals surface area (Å²) in [5.41, 5.74) is 0.464. The first-order chi connectivity index (χ1) is 19.5. The van der Waals surface area contributed by atoms with Gasteiger partial charge < -0.3 is 16.0 Å². The molecule has 218 valence electrons. The van der Waals surface area contributed by atoms with E-state index < -0.39 is 6.04 Å². The zero-order valence-corrected chi connectivity index (χ0v) is 24.5. The molecule has 0 unspecified atom stereocenters. The predicted molar refractivity (Wildman–Crippen MR) is 165 cm³/mol. The van der Waals surface area contributed by atoms with Crippen LogP contribution in [0.5, 0.6) is 0 Å². The Balaban J connectivity index is 2.17. The van der Waals surface area contributed by atoms with Gasteiger partial charge in [-0.05, 0) is 63.0 Å². The first-order valence-electron chi connectivity index (χ1n) is 14.5. The van der Waals surface area contributed by atoms with Crippen molar-refractivity contribution in [2.75, 3.05) is 13.1 Å². The van der Waals surface area contributed by atoms with Gasteiger partial charge in [0.15, 0.2) is 0 Å². The zero-order chi connectivity index (χ0) is 29.3. The maximum atomic E-state index is 12.6. The van der Waals surface area contributed by atoms with Crippen LogP contribution in [0.3, 0.4) is 0 Å². The van der Waals surface area contributed by atoms with Crippen LogP contribution in [0.25, 0.3) is 0 Å². The molecule has 1 heterocycles. The molecule has 1 aromatic rings. The van der Waals surface area contributed by atoms with Crippen LogP contribution < -0.4 is 16.0 Å². The molecule has 0 fully saturated rings. The Morgan fingerprint density at radius 3 is 1.95 bits per heavy atom. The highest BCUT2D eigenvalue weighted by Crippen LogP contribution is 2.05. The maximum absolute atomic E-state index is 12.6. The Morgan fingerprint density at radius 1 is 0.825 bits per heavy atom. The summed E-state index contributed by atoms with van der Waals surface area (Å²) in [7, 11) is 0. The van der Waals surface area contributed by atoms with Gasteiger partial charge in [-0.2, -0.15) is 0 Å². The molecule has 7 nitrogen and oxygen atoms in total. The molecule has 3 N–H and O–H groups in total. The van der Waals surface area contributed by atoms with Gasteiger partial charge in [0.2, 0.25) is 11.8 Å². The van der Waals surface area contributed by atoms with E-state index >= 15 is 0 Å². The van der Waals surface area contributed by atoms with Gasteiger partial charge in [-0.25, -0.2) is 0 Å². The lowest BCUT2D eigenvalue weighted by Gasteiger charge is -2.21. The van der Waals surface area contributed by atoms with E-state index in [1.165, 1.54) is 6.20 Å². The van der Waals surface area contributed by atoms with Gasteiger partial charge in [-0.3, -0.25) is 19.4 Å². The molecular formula is C33H48N4O3. The highest BCUT2D eigenvalue weighted by Gasteiger charge is 2.23. The lowest BCUT2D eigenvalue weighted by Crippen LogP contribution is -2.50. The minimum absolute atomic E-state index is 0.0556. The largest absolute Gasteiger partial charge is 0.353 e. The Kier molecular flexibility index (Phi) is 19.9. The molecule has 40 heavy (non-hydrogen) atoms. The molecular weight excluding hydrogens is 500 g/mol. The van der Waals surface area contributed by atoms with Crippen molar-refractivity contribution in [2.24, 2.45) is 5.92 Å². The van der Waals surface area contributed by atoms with Crippen LogP contribution in [-0.4, -0.2) is 41.8 Å². The number of carbonyl (C=O) groups is 3. The van der Waals surface area contributed by atoms with E-state index in [9.17, 15) is 14.4 Å². The fourth-order valence-electron chi connectivity index (χ4n) is 3.60. The van der Waals surface area contributed by atoms with E-state index in [1.807, 2.05) is 13.8 Å². The number of nitrogens with one attached hydrogen (secondary N) is 3. The van der Waals surface area contributed by atoms with Crippen LogP contribution >= 0.6 is 0 Å². The topological polar surface area (TPSA) is 100 Å². The van der Waals surface area contributed by atoms with Crippen LogP contribution in [0, 0.1) is 5.92 Å². The van der Waals surface area contributed by atoms with Crippen LogP contribution in [-0.2, 0) is 9.59 Å². The van der Waals surface area contributed by atoms with Gasteiger partial charge in [0.1, 0.15) is 6.04 Å². The molecule has 0 saturated carbocycles. The number of unbranched alkanes of at least 4 members (excludes halogenated alkanes) is 1.